The van der Waals surface area contributed by atoms with Crippen molar-refractivity contribution >= 4 is 29.2 Å². The highest BCUT2D eigenvalue weighted by Gasteiger charge is 2.23. The van der Waals surface area contributed by atoms with E-state index in [0.717, 1.165) is 0 Å². The molecule has 1 heterocycles. The Kier molecular flexibility index (Phi) is 6.43. The first-order chi connectivity index (χ1) is 14.4. The molecule has 0 aliphatic carbocycles. The zero-order valence-electron chi connectivity index (χ0n) is 15.8. The van der Waals surface area contributed by atoms with Crippen molar-refractivity contribution in [2.75, 3.05) is 7.11 Å². The van der Waals surface area contributed by atoms with Crippen LogP contribution in [-0.2, 0) is 9.53 Å². The molecule has 154 valence electrons. The van der Waals surface area contributed by atoms with Gasteiger partial charge in [0.2, 0.25) is 0 Å². The van der Waals surface area contributed by atoms with Crippen molar-refractivity contribution in [1.82, 2.24) is 15.1 Å². The predicted octanol–water partition coefficient (Wildman–Crippen LogP) is 3.47. The number of non-ortho nitro benzene ring substituents is 1. The Balaban J connectivity index is 1.80. The van der Waals surface area contributed by atoms with E-state index >= 15 is 0 Å². The molecule has 1 aromatic heterocycles. The SMILES string of the molecule is COC(=O)CC(NC(=O)c1ccn(-c2ccc([N+](=O)[O-])cc2)n1)c1ccccc1Cl. The highest BCUT2D eigenvalue weighted by atomic mass is 35.5. The first-order valence-electron chi connectivity index (χ1n) is 8.81. The number of halogens is 1. The molecule has 0 radical (unpaired) electrons. The fraction of sp³-hybridized carbons (Fsp3) is 0.150. The van der Waals surface area contributed by atoms with E-state index < -0.39 is 22.8 Å². The number of nitrogens with zero attached hydrogens (tertiary/aromatic N) is 3. The van der Waals surface area contributed by atoms with Crippen LogP contribution in [0, 0.1) is 10.1 Å². The maximum Gasteiger partial charge on any atom is 0.307 e. The number of esters is 1. The third-order valence-electron chi connectivity index (χ3n) is 4.33. The lowest BCUT2D eigenvalue weighted by Gasteiger charge is -2.18. The first-order valence-corrected chi connectivity index (χ1v) is 9.19. The fourth-order valence-corrected chi connectivity index (χ4v) is 3.06. The predicted molar refractivity (Wildman–Crippen MR) is 109 cm³/mol. The maximum atomic E-state index is 12.7. The van der Waals surface area contributed by atoms with Crippen LogP contribution in [0.15, 0.2) is 60.8 Å². The summed E-state index contributed by atoms with van der Waals surface area (Å²) in [5.74, 6) is -1.01. The van der Waals surface area contributed by atoms with Crippen molar-refractivity contribution in [3.05, 3.63) is 87.2 Å². The van der Waals surface area contributed by atoms with Gasteiger partial charge in [0.15, 0.2) is 5.69 Å². The molecule has 3 rings (SSSR count). The number of carbonyl (C=O) groups excluding carboxylic acids is 2. The molecule has 0 spiro atoms. The van der Waals surface area contributed by atoms with Gasteiger partial charge in [-0.3, -0.25) is 19.7 Å². The number of carbonyl (C=O) groups is 2. The third kappa shape index (κ3) is 4.81. The standard InChI is InChI=1S/C20H17ClN4O5/c1-30-19(26)12-18(15-4-2-3-5-16(15)21)22-20(27)17-10-11-24(23-17)13-6-8-14(9-7-13)25(28)29/h2-11,18H,12H2,1H3,(H,22,27). The second kappa shape index (κ2) is 9.19. The lowest BCUT2D eigenvalue weighted by Crippen LogP contribution is -2.31. The molecule has 30 heavy (non-hydrogen) atoms. The molecular weight excluding hydrogens is 412 g/mol. The second-order valence-electron chi connectivity index (χ2n) is 6.25. The van der Waals surface area contributed by atoms with Gasteiger partial charge in [-0.15, -0.1) is 0 Å². The number of amides is 1. The average molecular weight is 429 g/mol. The van der Waals surface area contributed by atoms with E-state index in [1.165, 1.54) is 42.1 Å². The molecule has 1 unspecified atom stereocenters. The molecule has 0 aliphatic heterocycles. The fourth-order valence-electron chi connectivity index (χ4n) is 2.79. The van der Waals surface area contributed by atoms with Crippen LogP contribution in [0.1, 0.15) is 28.5 Å². The number of nitro groups is 1. The molecule has 0 fully saturated rings. The molecule has 0 saturated carbocycles. The summed E-state index contributed by atoms with van der Waals surface area (Å²) in [7, 11) is 1.26. The van der Waals surface area contributed by atoms with Crippen LogP contribution < -0.4 is 5.32 Å². The van der Waals surface area contributed by atoms with E-state index in [-0.39, 0.29) is 17.8 Å². The van der Waals surface area contributed by atoms with E-state index in [4.69, 9.17) is 16.3 Å². The minimum Gasteiger partial charge on any atom is -0.469 e. The summed E-state index contributed by atoms with van der Waals surface area (Å²) < 4.78 is 6.14. The highest BCUT2D eigenvalue weighted by molar-refractivity contribution is 6.31. The minimum atomic E-state index is -0.705. The number of ether oxygens (including phenoxy) is 1. The van der Waals surface area contributed by atoms with Crippen molar-refractivity contribution in [3.63, 3.8) is 0 Å². The van der Waals surface area contributed by atoms with E-state index in [1.54, 1.807) is 30.5 Å². The normalized spacial score (nSPS) is 11.5. The van der Waals surface area contributed by atoms with Gasteiger partial charge >= 0.3 is 5.97 Å². The van der Waals surface area contributed by atoms with E-state index in [0.29, 0.717) is 16.3 Å². The largest absolute Gasteiger partial charge is 0.469 e. The molecule has 1 amide bonds. The number of aromatic nitrogens is 2. The summed E-state index contributed by atoms with van der Waals surface area (Å²) in [6, 6.07) is 13.4. The number of methoxy groups -OCH3 is 1. The van der Waals surface area contributed by atoms with Crippen molar-refractivity contribution in [2.45, 2.75) is 12.5 Å². The van der Waals surface area contributed by atoms with Crippen molar-refractivity contribution in [1.29, 1.82) is 0 Å². The summed E-state index contributed by atoms with van der Waals surface area (Å²) in [6.45, 7) is 0. The molecule has 1 atom stereocenters. The molecule has 0 bridgehead atoms. The molecule has 0 aliphatic rings. The summed E-state index contributed by atoms with van der Waals surface area (Å²) in [5, 5.41) is 18.1. The van der Waals surface area contributed by atoms with Gasteiger partial charge in [0.05, 0.1) is 30.2 Å². The van der Waals surface area contributed by atoms with Gasteiger partial charge in [-0.25, -0.2) is 4.68 Å². The molecule has 0 saturated heterocycles. The number of hydrogen-bond donors (Lipinski definition) is 1. The number of rotatable bonds is 7. The van der Waals surface area contributed by atoms with Crippen LogP contribution in [0.25, 0.3) is 5.69 Å². The quantitative estimate of drug-likeness (QED) is 0.350. The Morgan fingerprint density at radius 3 is 2.53 bits per heavy atom. The van der Waals surface area contributed by atoms with E-state index in [1.807, 2.05) is 0 Å². The Morgan fingerprint density at radius 1 is 1.20 bits per heavy atom. The van der Waals surface area contributed by atoms with Crippen molar-refractivity contribution < 1.29 is 19.2 Å². The summed E-state index contributed by atoms with van der Waals surface area (Å²) in [6.07, 6.45) is 1.45. The van der Waals surface area contributed by atoms with Crippen LogP contribution in [0.3, 0.4) is 0 Å². The maximum absolute atomic E-state index is 12.7. The summed E-state index contributed by atoms with van der Waals surface area (Å²) in [5.41, 5.74) is 1.19. The Morgan fingerprint density at radius 2 is 1.90 bits per heavy atom. The second-order valence-corrected chi connectivity index (χ2v) is 6.65. The molecular formula is C20H17ClN4O5. The van der Waals surface area contributed by atoms with Crippen LogP contribution in [0.5, 0.6) is 0 Å². The van der Waals surface area contributed by atoms with Crippen molar-refractivity contribution in [2.24, 2.45) is 0 Å². The zero-order valence-corrected chi connectivity index (χ0v) is 16.6. The topological polar surface area (TPSA) is 116 Å². The molecule has 3 aromatic rings. The number of hydrogen-bond acceptors (Lipinski definition) is 6. The first kappa shape index (κ1) is 21.0. The van der Waals surface area contributed by atoms with Gasteiger partial charge in [0.1, 0.15) is 0 Å². The summed E-state index contributed by atoms with van der Waals surface area (Å²) in [4.78, 5) is 34.8. The molecule has 1 N–H and O–H groups in total. The van der Waals surface area contributed by atoms with Gasteiger partial charge in [0.25, 0.3) is 11.6 Å². The number of benzene rings is 2. The average Bonchev–Trinajstić information content (AvgIpc) is 3.24. The molecule has 9 nitrogen and oxygen atoms in total. The van der Waals surface area contributed by atoms with Gasteiger partial charge < -0.3 is 10.1 Å². The van der Waals surface area contributed by atoms with Crippen LogP contribution >= 0.6 is 11.6 Å². The lowest BCUT2D eigenvalue weighted by molar-refractivity contribution is -0.384. The number of nitro benzene ring substituents is 1. The van der Waals surface area contributed by atoms with Crippen LogP contribution in [-0.4, -0.2) is 33.7 Å². The monoisotopic (exact) mass is 428 g/mol. The van der Waals surface area contributed by atoms with Crippen LogP contribution in [0.2, 0.25) is 5.02 Å². The Hall–Kier alpha value is -3.72. The van der Waals surface area contributed by atoms with Gasteiger partial charge in [0, 0.05) is 23.4 Å². The Bertz CT molecular complexity index is 1080. The smallest absolute Gasteiger partial charge is 0.307 e. The van der Waals surface area contributed by atoms with Gasteiger partial charge in [-0.05, 0) is 29.8 Å². The summed E-state index contributed by atoms with van der Waals surface area (Å²) >= 11 is 6.22. The third-order valence-corrected chi connectivity index (χ3v) is 4.68. The van der Waals surface area contributed by atoms with E-state index in [2.05, 4.69) is 10.4 Å². The lowest BCUT2D eigenvalue weighted by atomic mass is 10.0. The molecule has 10 heteroatoms. The van der Waals surface area contributed by atoms with Gasteiger partial charge in [-0.1, -0.05) is 29.8 Å². The molecule has 2 aromatic carbocycles. The zero-order chi connectivity index (χ0) is 21.7. The Labute approximate surface area is 176 Å². The minimum absolute atomic E-state index is 0.0470. The van der Waals surface area contributed by atoms with Gasteiger partial charge in [-0.2, -0.15) is 5.10 Å². The highest BCUT2D eigenvalue weighted by Crippen LogP contribution is 2.26. The van der Waals surface area contributed by atoms with Crippen LogP contribution in [0.4, 0.5) is 5.69 Å². The number of nitrogens with one attached hydrogen (secondary N) is 1. The van der Waals surface area contributed by atoms with E-state index in [9.17, 15) is 19.7 Å². The van der Waals surface area contributed by atoms with Crippen molar-refractivity contribution in [3.8, 4) is 5.69 Å².